The molecule has 1 saturated heterocycles. The number of carbonyl (C=O) groups excluding carboxylic acids is 1. The number of aliphatic carboxylic acids is 2. The minimum absolute atomic E-state index is 0.115. The highest BCUT2D eigenvalue weighted by Gasteiger charge is 2.35. The summed E-state index contributed by atoms with van der Waals surface area (Å²) in [4.78, 5) is 40.6. The molecular formula is C20H25N5O6. The van der Waals surface area contributed by atoms with E-state index in [1.165, 1.54) is 4.90 Å². The van der Waals surface area contributed by atoms with Crippen LogP contribution in [0.3, 0.4) is 0 Å². The fourth-order valence-electron chi connectivity index (χ4n) is 3.50. The lowest BCUT2D eigenvalue weighted by atomic mass is 10.1. The molecule has 2 amide bonds. The third-order valence-corrected chi connectivity index (χ3v) is 5.14. The molecule has 1 fully saturated rings. The fourth-order valence-corrected chi connectivity index (χ4v) is 3.50. The summed E-state index contributed by atoms with van der Waals surface area (Å²) in [6.45, 7) is 0.343. The van der Waals surface area contributed by atoms with Crippen molar-refractivity contribution < 1.29 is 29.1 Å². The van der Waals surface area contributed by atoms with E-state index in [1.54, 1.807) is 0 Å². The normalized spacial score (nSPS) is 17.8. The summed E-state index contributed by atoms with van der Waals surface area (Å²) in [6.07, 6.45) is 1.34. The number of carboxylic acids is 2. The molecule has 0 bridgehead atoms. The summed E-state index contributed by atoms with van der Waals surface area (Å²) >= 11 is 0. The Morgan fingerprint density at radius 1 is 1.26 bits per heavy atom. The zero-order chi connectivity index (χ0) is 22.4. The number of carbonyl (C=O) groups is 3. The van der Waals surface area contributed by atoms with Crippen molar-refractivity contribution in [2.75, 3.05) is 6.54 Å². The Balaban J connectivity index is 1.78. The molecular weight excluding hydrogens is 406 g/mol. The molecule has 5 N–H and O–H groups in total. The third kappa shape index (κ3) is 5.79. The van der Waals surface area contributed by atoms with Crippen molar-refractivity contribution in [1.82, 2.24) is 20.4 Å². The molecule has 2 heterocycles. The van der Waals surface area contributed by atoms with E-state index in [2.05, 4.69) is 15.5 Å². The van der Waals surface area contributed by atoms with Crippen molar-refractivity contribution in [3.8, 4) is 0 Å². The van der Waals surface area contributed by atoms with E-state index in [9.17, 15) is 19.5 Å². The summed E-state index contributed by atoms with van der Waals surface area (Å²) in [5.41, 5.74) is 6.85. The number of likely N-dealkylation sites (tertiary alicyclic amines) is 1. The second kappa shape index (κ2) is 10.0. The standard InChI is InChI=1S/C20H25N5O6/c21-13(8-9-16(26)27)17-23-18(31-24-17)14(11-12-5-2-1-3-6-12)22-20(30)25-10-4-7-15(25)19(28)29/h1-3,5-6,13-15H,4,7-11,21H2,(H,22,30)(H,26,27)(H,28,29)/t13-,14-,15?/m0/s1. The van der Waals surface area contributed by atoms with Crippen molar-refractivity contribution in [3.05, 3.63) is 47.6 Å². The molecule has 31 heavy (non-hydrogen) atoms. The van der Waals surface area contributed by atoms with Crippen LogP contribution in [0.15, 0.2) is 34.9 Å². The minimum Gasteiger partial charge on any atom is -0.481 e. The molecule has 11 heteroatoms. The molecule has 3 rings (SSSR count). The second-order valence-electron chi connectivity index (χ2n) is 7.41. The fraction of sp³-hybridized carbons (Fsp3) is 0.450. The van der Waals surface area contributed by atoms with Gasteiger partial charge in [-0.25, -0.2) is 9.59 Å². The van der Waals surface area contributed by atoms with Gasteiger partial charge in [0.2, 0.25) is 5.89 Å². The van der Waals surface area contributed by atoms with E-state index in [0.29, 0.717) is 25.8 Å². The maximum Gasteiger partial charge on any atom is 0.326 e. The van der Waals surface area contributed by atoms with Crippen molar-refractivity contribution in [3.63, 3.8) is 0 Å². The average molecular weight is 431 g/mol. The summed E-state index contributed by atoms with van der Waals surface area (Å²) < 4.78 is 5.33. The van der Waals surface area contributed by atoms with Gasteiger partial charge in [-0.3, -0.25) is 4.79 Å². The molecule has 0 spiro atoms. The Hall–Kier alpha value is -3.47. The molecule has 0 saturated carbocycles. The number of benzene rings is 1. The van der Waals surface area contributed by atoms with E-state index in [-0.39, 0.29) is 24.6 Å². The quantitative estimate of drug-likeness (QED) is 0.459. The molecule has 3 atom stereocenters. The maximum absolute atomic E-state index is 12.8. The number of urea groups is 1. The Morgan fingerprint density at radius 2 is 2.00 bits per heavy atom. The topological polar surface area (TPSA) is 172 Å². The molecule has 1 aliphatic rings. The number of nitrogens with one attached hydrogen (secondary N) is 1. The van der Waals surface area contributed by atoms with Gasteiger partial charge in [0.1, 0.15) is 12.1 Å². The van der Waals surface area contributed by atoms with Crippen molar-refractivity contribution in [2.24, 2.45) is 5.73 Å². The number of nitrogens with zero attached hydrogens (tertiary/aromatic N) is 3. The van der Waals surface area contributed by atoms with Crippen LogP contribution in [-0.4, -0.2) is 55.8 Å². The molecule has 1 unspecified atom stereocenters. The van der Waals surface area contributed by atoms with Gasteiger partial charge in [-0.05, 0) is 24.8 Å². The van der Waals surface area contributed by atoms with Crippen molar-refractivity contribution >= 4 is 18.0 Å². The van der Waals surface area contributed by atoms with Crippen LogP contribution < -0.4 is 11.1 Å². The van der Waals surface area contributed by atoms with Crippen LogP contribution in [0.2, 0.25) is 0 Å². The first-order chi connectivity index (χ1) is 14.8. The second-order valence-corrected chi connectivity index (χ2v) is 7.41. The number of hydrogen-bond acceptors (Lipinski definition) is 7. The molecule has 11 nitrogen and oxygen atoms in total. The molecule has 0 aliphatic carbocycles. The average Bonchev–Trinajstić information content (AvgIpc) is 3.42. The van der Waals surface area contributed by atoms with E-state index in [4.69, 9.17) is 15.4 Å². The first-order valence-electron chi connectivity index (χ1n) is 10.00. The van der Waals surface area contributed by atoms with E-state index >= 15 is 0 Å². The Labute approximate surface area is 178 Å². The number of aromatic nitrogens is 2. The summed E-state index contributed by atoms with van der Waals surface area (Å²) in [6, 6.07) is 6.50. The van der Waals surface area contributed by atoms with Gasteiger partial charge in [-0.1, -0.05) is 35.5 Å². The lowest BCUT2D eigenvalue weighted by Crippen LogP contribution is -2.47. The van der Waals surface area contributed by atoms with E-state index < -0.39 is 36.1 Å². The van der Waals surface area contributed by atoms with Gasteiger partial charge in [0.05, 0.1) is 6.04 Å². The third-order valence-electron chi connectivity index (χ3n) is 5.14. The van der Waals surface area contributed by atoms with Crippen LogP contribution in [-0.2, 0) is 16.0 Å². The van der Waals surface area contributed by atoms with Gasteiger partial charge in [0, 0.05) is 19.4 Å². The van der Waals surface area contributed by atoms with Crippen molar-refractivity contribution in [1.29, 1.82) is 0 Å². The predicted molar refractivity (Wildman–Crippen MR) is 107 cm³/mol. The molecule has 0 radical (unpaired) electrons. The minimum atomic E-state index is -1.04. The smallest absolute Gasteiger partial charge is 0.326 e. The number of hydrogen-bond donors (Lipinski definition) is 4. The lowest BCUT2D eigenvalue weighted by molar-refractivity contribution is -0.141. The molecule has 166 valence electrons. The number of rotatable bonds is 9. The first-order valence-corrected chi connectivity index (χ1v) is 10.00. The summed E-state index contributed by atoms with van der Waals surface area (Å²) in [5, 5.41) is 24.8. The SMILES string of the molecule is N[C@@H](CCC(=O)O)c1noc([C@H](Cc2ccccc2)NC(=O)N2CCCC2C(=O)O)n1. The van der Waals surface area contributed by atoms with Gasteiger partial charge in [-0.2, -0.15) is 4.98 Å². The molecule has 1 aromatic heterocycles. The molecule has 1 aliphatic heterocycles. The Kier molecular flexibility index (Phi) is 7.19. The number of carboxylic acid groups (broad SMARTS) is 2. The zero-order valence-corrected chi connectivity index (χ0v) is 16.8. The maximum atomic E-state index is 12.8. The van der Waals surface area contributed by atoms with Gasteiger partial charge in [0.25, 0.3) is 0 Å². The highest BCUT2D eigenvalue weighted by Crippen LogP contribution is 2.23. The van der Waals surface area contributed by atoms with Crippen LogP contribution in [0.1, 0.15) is 55.0 Å². The van der Waals surface area contributed by atoms with E-state index in [0.717, 1.165) is 5.56 Å². The van der Waals surface area contributed by atoms with Crippen molar-refractivity contribution in [2.45, 2.75) is 50.2 Å². The van der Waals surface area contributed by atoms with Gasteiger partial charge >= 0.3 is 18.0 Å². The van der Waals surface area contributed by atoms with Gasteiger partial charge in [-0.15, -0.1) is 0 Å². The van der Waals surface area contributed by atoms with Crippen LogP contribution in [0, 0.1) is 0 Å². The molecule has 2 aromatic rings. The Bertz CT molecular complexity index is 918. The largest absolute Gasteiger partial charge is 0.481 e. The Morgan fingerprint density at radius 3 is 2.68 bits per heavy atom. The zero-order valence-electron chi connectivity index (χ0n) is 16.8. The molecule has 1 aromatic carbocycles. The predicted octanol–water partition coefficient (Wildman–Crippen LogP) is 1.48. The number of amides is 2. The van der Waals surface area contributed by atoms with Crippen LogP contribution >= 0.6 is 0 Å². The first kappa shape index (κ1) is 22.2. The lowest BCUT2D eigenvalue weighted by Gasteiger charge is -2.24. The van der Waals surface area contributed by atoms with Gasteiger partial charge < -0.3 is 30.7 Å². The highest BCUT2D eigenvalue weighted by molar-refractivity contribution is 5.83. The monoisotopic (exact) mass is 431 g/mol. The van der Waals surface area contributed by atoms with Crippen LogP contribution in [0.5, 0.6) is 0 Å². The number of nitrogens with two attached hydrogens (primary N) is 1. The highest BCUT2D eigenvalue weighted by atomic mass is 16.5. The van der Waals surface area contributed by atoms with Gasteiger partial charge in [0.15, 0.2) is 5.82 Å². The summed E-state index contributed by atoms with van der Waals surface area (Å²) in [5.74, 6) is -1.76. The van der Waals surface area contributed by atoms with E-state index in [1.807, 2.05) is 30.3 Å². The summed E-state index contributed by atoms with van der Waals surface area (Å²) in [7, 11) is 0. The van der Waals surface area contributed by atoms with Crippen LogP contribution in [0.25, 0.3) is 0 Å². The van der Waals surface area contributed by atoms with Crippen LogP contribution in [0.4, 0.5) is 4.79 Å².